The monoisotopic (exact) mass is 423 g/mol. The molecule has 0 spiro atoms. The fourth-order valence-electron chi connectivity index (χ4n) is 3.18. The number of benzene rings is 2. The molecule has 0 aliphatic carbocycles. The number of alkyl halides is 2. The molecular weight excluding hydrogens is 409 g/mol. The molecule has 28 heavy (non-hydrogen) atoms. The molecule has 2 amide bonds. The number of rotatable bonds is 5. The zero-order valence-electron chi connectivity index (χ0n) is 14.2. The Morgan fingerprint density at radius 1 is 1.14 bits per heavy atom. The number of ketones is 1. The number of nitrogens with zero attached hydrogens (tertiary/aromatic N) is 1. The highest BCUT2D eigenvalue weighted by Crippen LogP contribution is 2.40. The van der Waals surface area contributed by atoms with E-state index in [9.17, 15) is 24.8 Å². The minimum absolute atomic E-state index is 0.155. The van der Waals surface area contributed by atoms with Crippen LogP contribution in [0, 0.1) is 16.0 Å². The maximum Gasteiger partial charge on any atom is 0.317 e. The summed E-state index contributed by atoms with van der Waals surface area (Å²) in [6.45, 7) is 0. The largest absolute Gasteiger partial charge is 0.368 e. The molecule has 0 radical (unpaired) electrons. The van der Waals surface area contributed by atoms with Crippen LogP contribution >= 0.6 is 23.2 Å². The highest BCUT2D eigenvalue weighted by atomic mass is 35.5. The van der Waals surface area contributed by atoms with Gasteiger partial charge in [0.25, 0.3) is 5.69 Å². The maximum absolute atomic E-state index is 13.2. The fraction of sp³-hybridized carbons (Fsp3) is 0.222. The molecule has 1 aliphatic heterocycles. The lowest BCUT2D eigenvalue weighted by Crippen LogP contribution is -2.69. The molecule has 3 unspecified atom stereocenters. The average Bonchev–Trinajstić information content (AvgIpc) is 2.67. The normalized spacial score (nSPS) is 24.4. The highest BCUT2D eigenvalue weighted by Gasteiger charge is 2.55. The predicted octanol–water partition coefficient (Wildman–Crippen LogP) is 2.94. The first-order valence-electron chi connectivity index (χ1n) is 8.17. The van der Waals surface area contributed by atoms with E-state index in [1.165, 1.54) is 24.3 Å². The van der Waals surface area contributed by atoms with Crippen LogP contribution in [0.5, 0.6) is 0 Å². The molecule has 0 bridgehead atoms. The van der Waals surface area contributed by atoms with Crippen LogP contribution in [0.15, 0.2) is 54.6 Å². The Morgan fingerprint density at radius 2 is 1.75 bits per heavy atom. The van der Waals surface area contributed by atoms with Crippen LogP contribution in [-0.4, -0.2) is 32.4 Å². The highest BCUT2D eigenvalue weighted by molar-refractivity contribution is 6.45. The van der Waals surface area contributed by atoms with Gasteiger partial charge in [0, 0.05) is 17.7 Å². The van der Waals surface area contributed by atoms with Crippen molar-refractivity contribution in [1.82, 2.24) is 10.6 Å². The van der Waals surface area contributed by atoms with E-state index in [4.69, 9.17) is 23.2 Å². The summed E-state index contributed by atoms with van der Waals surface area (Å²) in [5, 5.41) is 26.7. The number of amides is 2. The third-order valence-corrected chi connectivity index (χ3v) is 5.21. The molecule has 0 saturated carbocycles. The number of nitrogens with one attached hydrogen (secondary N) is 2. The first kappa shape index (κ1) is 20.1. The lowest BCUT2D eigenvalue weighted by molar-refractivity contribution is -0.384. The van der Waals surface area contributed by atoms with Crippen molar-refractivity contribution in [2.24, 2.45) is 5.92 Å². The number of hydrogen-bond donors (Lipinski definition) is 3. The molecule has 3 atom stereocenters. The minimum atomic E-state index is -2.26. The molecule has 3 N–H and O–H groups in total. The van der Waals surface area contributed by atoms with Crippen LogP contribution in [0.4, 0.5) is 10.5 Å². The Labute approximate surface area is 169 Å². The number of nitro groups is 1. The fourth-order valence-corrected chi connectivity index (χ4v) is 3.56. The standard InChI is InChI=1S/C18H15Cl2N3O5/c19-16(20)18(26)13(15(24)11-4-2-1-3-5-11)14(21-17(25)22-18)10-6-8-12(9-7-10)23(27)28/h1-9,13-14,16,26H,(H2,21,22,25). The molecule has 10 heteroatoms. The number of non-ortho nitro benzene ring substituents is 1. The smallest absolute Gasteiger partial charge is 0.317 e. The third kappa shape index (κ3) is 3.66. The Bertz CT molecular complexity index is 907. The quantitative estimate of drug-likeness (QED) is 0.295. The van der Waals surface area contributed by atoms with E-state index in [0.29, 0.717) is 5.56 Å². The van der Waals surface area contributed by atoms with Gasteiger partial charge in [0.05, 0.1) is 16.9 Å². The van der Waals surface area contributed by atoms with Crippen molar-refractivity contribution in [2.75, 3.05) is 0 Å². The van der Waals surface area contributed by atoms with Crippen LogP contribution in [0.2, 0.25) is 0 Å². The van der Waals surface area contributed by atoms with Crippen molar-refractivity contribution < 1.29 is 19.6 Å². The molecular formula is C18H15Cl2N3O5. The molecule has 146 valence electrons. The Hall–Kier alpha value is -2.68. The Morgan fingerprint density at radius 3 is 2.29 bits per heavy atom. The van der Waals surface area contributed by atoms with Crippen molar-refractivity contribution in [1.29, 1.82) is 0 Å². The lowest BCUT2D eigenvalue weighted by Gasteiger charge is -2.45. The van der Waals surface area contributed by atoms with E-state index in [1.54, 1.807) is 30.3 Å². The number of aliphatic hydroxyl groups is 1. The topological polar surface area (TPSA) is 122 Å². The SMILES string of the molecule is O=C1NC(c2ccc([N+](=O)[O-])cc2)C(C(=O)c2ccccc2)C(O)(C(Cl)Cl)N1. The van der Waals surface area contributed by atoms with Crippen LogP contribution in [0.1, 0.15) is 22.0 Å². The van der Waals surface area contributed by atoms with E-state index < -0.39 is 39.3 Å². The summed E-state index contributed by atoms with van der Waals surface area (Å²) < 4.78 is 0. The second-order valence-electron chi connectivity index (χ2n) is 6.26. The van der Waals surface area contributed by atoms with Crippen molar-refractivity contribution in [3.8, 4) is 0 Å². The van der Waals surface area contributed by atoms with E-state index in [2.05, 4.69) is 10.6 Å². The first-order valence-corrected chi connectivity index (χ1v) is 9.04. The van der Waals surface area contributed by atoms with E-state index in [1.807, 2.05) is 0 Å². The van der Waals surface area contributed by atoms with Crippen molar-refractivity contribution in [2.45, 2.75) is 16.6 Å². The summed E-state index contributed by atoms with van der Waals surface area (Å²) in [4.78, 5) is 34.1. The summed E-state index contributed by atoms with van der Waals surface area (Å²) in [5.74, 6) is -1.81. The zero-order valence-corrected chi connectivity index (χ0v) is 15.7. The van der Waals surface area contributed by atoms with Gasteiger partial charge in [-0.05, 0) is 5.56 Å². The van der Waals surface area contributed by atoms with Crippen LogP contribution in [-0.2, 0) is 0 Å². The summed E-state index contributed by atoms with van der Waals surface area (Å²) in [6, 6.07) is 11.6. The van der Waals surface area contributed by atoms with Gasteiger partial charge in [-0.2, -0.15) is 0 Å². The van der Waals surface area contributed by atoms with Crippen LogP contribution in [0.3, 0.4) is 0 Å². The average molecular weight is 424 g/mol. The number of carbonyl (C=O) groups is 2. The number of halogens is 2. The number of carbonyl (C=O) groups excluding carboxylic acids is 2. The maximum atomic E-state index is 13.2. The Balaban J connectivity index is 2.09. The summed E-state index contributed by atoms with van der Waals surface area (Å²) in [5.41, 5.74) is -1.75. The second-order valence-corrected chi connectivity index (χ2v) is 7.36. The first-order chi connectivity index (χ1) is 13.2. The van der Waals surface area contributed by atoms with Gasteiger partial charge in [0.2, 0.25) is 0 Å². The molecule has 2 aromatic rings. The number of urea groups is 1. The summed E-state index contributed by atoms with van der Waals surface area (Å²) in [7, 11) is 0. The number of hydrogen-bond acceptors (Lipinski definition) is 5. The van der Waals surface area contributed by atoms with Gasteiger partial charge in [-0.25, -0.2) is 4.79 Å². The second kappa shape index (κ2) is 7.75. The van der Waals surface area contributed by atoms with Gasteiger partial charge in [0.15, 0.2) is 16.3 Å². The molecule has 1 aliphatic rings. The summed E-state index contributed by atoms with van der Waals surface area (Å²) in [6.07, 6.45) is 0. The molecule has 2 aromatic carbocycles. The van der Waals surface area contributed by atoms with Crippen molar-refractivity contribution in [3.05, 3.63) is 75.8 Å². The third-order valence-electron chi connectivity index (χ3n) is 4.54. The summed E-state index contributed by atoms with van der Waals surface area (Å²) >= 11 is 11.9. The molecule has 3 rings (SSSR count). The van der Waals surface area contributed by atoms with Crippen LogP contribution in [0.25, 0.3) is 0 Å². The van der Waals surface area contributed by atoms with E-state index in [-0.39, 0.29) is 11.3 Å². The van der Waals surface area contributed by atoms with Crippen molar-refractivity contribution >= 4 is 40.7 Å². The van der Waals surface area contributed by atoms with Gasteiger partial charge in [-0.3, -0.25) is 14.9 Å². The lowest BCUT2D eigenvalue weighted by atomic mass is 9.78. The number of nitro benzene ring substituents is 1. The Kier molecular flexibility index (Phi) is 5.55. The predicted molar refractivity (Wildman–Crippen MR) is 102 cm³/mol. The van der Waals surface area contributed by atoms with E-state index in [0.717, 1.165) is 0 Å². The zero-order chi connectivity index (χ0) is 20.5. The van der Waals surface area contributed by atoms with Gasteiger partial charge in [0.1, 0.15) is 0 Å². The van der Waals surface area contributed by atoms with Gasteiger partial charge >= 0.3 is 6.03 Å². The van der Waals surface area contributed by atoms with Gasteiger partial charge < -0.3 is 15.7 Å². The van der Waals surface area contributed by atoms with Crippen molar-refractivity contribution in [3.63, 3.8) is 0 Å². The number of Topliss-reactive ketones (excluding diaryl/α,β-unsaturated/α-hetero) is 1. The molecule has 1 saturated heterocycles. The molecule has 8 nitrogen and oxygen atoms in total. The molecule has 1 heterocycles. The molecule has 0 aromatic heterocycles. The van der Waals surface area contributed by atoms with Gasteiger partial charge in [-0.15, -0.1) is 0 Å². The minimum Gasteiger partial charge on any atom is -0.368 e. The molecule has 1 fully saturated rings. The van der Waals surface area contributed by atoms with Gasteiger partial charge in [-0.1, -0.05) is 65.7 Å². The van der Waals surface area contributed by atoms with Crippen LogP contribution < -0.4 is 10.6 Å². The van der Waals surface area contributed by atoms with E-state index >= 15 is 0 Å².